The van der Waals surface area contributed by atoms with Crippen LogP contribution in [0, 0.1) is 5.92 Å². The highest BCUT2D eigenvalue weighted by atomic mass is 32.2. The van der Waals surface area contributed by atoms with Crippen LogP contribution in [0.1, 0.15) is 34.1 Å². The van der Waals surface area contributed by atoms with E-state index in [-0.39, 0.29) is 4.75 Å². The fourth-order valence-electron chi connectivity index (χ4n) is 2.09. The first-order valence-corrected chi connectivity index (χ1v) is 5.19. The molecular weight excluding hydrogens is 156 g/mol. The maximum atomic E-state index is 9.84. The van der Waals surface area contributed by atoms with Crippen molar-refractivity contribution in [2.24, 2.45) is 5.92 Å². The summed E-state index contributed by atoms with van der Waals surface area (Å²) in [6.45, 7) is 8.30. The fourth-order valence-corrected chi connectivity index (χ4v) is 3.58. The van der Waals surface area contributed by atoms with Gasteiger partial charge in [0.2, 0.25) is 0 Å². The Morgan fingerprint density at radius 1 is 1.45 bits per heavy atom. The lowest BCUT2D eigenvalue weighted by atomic mass is 9.80. The maximum absolute atomic E-state index is 9.84. The molecule has 0 spiro atoms. The third-order valence-electron chi connectivity index (χ3n) is 2.57. The van der Waals surface area contributed by atoms with Gasteiger partial charge in [-0.05, 0) is 26.0 Å². The summed E-state index contributed by atoms with van der Waals surface area (Å²) in [4.78, 5) is 0. The molecule has 0 aromatic carbocycles. The molecule has 11 heavy (non-hydrogen) atoms. The van der Waals surface area contributed by atoms with Crippen LogP contribution in [-0.2, 0) is 0 Å². The lowest BCUT2D eigenvalue weighted by Gasteiger charge is -2.35. The maximum Gasteiger partial charge on any atom is 0.0633 e. The third kappa shape index (κ3) is 1.91. The molecule has 1 aliphatic heterocycles. The average molecular weight is 174 g/mol. The zero-order valence-corrected chi connectivity index (χ0v) is 8.66. The molecule has 1 fully saturated rings. The first kappa shape index (κ1) is 9.40. The molecule has 0 radical (unpaired) electrons. The highest BCUT2D eigenvalue weighted by molar-refractivity contribution is 8.00. The molecule has 0 aromatic heterocycles. The van der Waals surface area contributed by atoms with Gasteiger partial charge in [-0.1, -0.05) is 13.8 Å². The van der Waals surface area contributed by atoms with Gasteiger partial charge in [-0.3, -0.25) is 0 Å². The second kappa shape index (κ2) is 2.67. The SMILES string of the molecule is CC(C)(O)C1CCSC1(C)C. The lowest BCUT2D eigenvalue weighted by Crippen LogP contribution is -2.40. The first-order valence-electron chi connectivity index (χ1n) is 4.20. The van der Waals surface area contributed by atoms with E-state index < -0.39 is 5.60 Å². The van der Waals surface area contributed by atoms with Gasteiger partial charge >= 0.3 is 0 Å². The quantitative estimate of drug-likeness (QED) is 0.658. The van der Waals surface area contributed by atoms with Crippen LogP contribution < -0.4 is 0 Å². The second-order valence-electron chi connectivity index (χ2n) is 4.45. The van der Waals surface area contributed by atoms with Gasteiger partial charge in [-0.15, -0.1) is 0 Å². The van der Waals surface area contributed by atoms with Crippen LogP contribution in [0.3, 0.4) is 0 Å². The van der Waals surface area contributed by atoms with Crippen molar-refractivity contribution in [1.29, 1.82) is 0 Å². The standard InChI is InChI=1S/C9H18OS/c1-8(2,10)7-5-6-11-9(7,3)4/h7,10H,5-6H2,1-4H3. The van der Waals surface area contributed by atoms with Crippen molar-refractivity contribution in [3.8, 4) is 0 Å². The number of hydrogen-bond donors (Lipinski definition) is 1. The monoisotopic (exact) mass is 174 g/mol. The molecule has 0 bridgehead atoms. The Bertz CT molecular complexity index is 146. The largest absolute Gasteiger partial charge is 0.390 e. The van der Waals surface area contributed by atoms with Crippen molar-refractivity contribution in [3.05, 3.63) is 0 Å². The van der Waals surface area contributed by atoms with Gasteiger partial charge in [-0.2, -0.15) is 11.8 Å². The van der Waals surface area contributed by atoms with Crippen molar-refractivity contribution in [1.82, 2.24) is 0 Å². The van der Waals surface area contributed by atoms with Crippen LogP contribution in [0.4, 0.5) is 0 Å². The molecule has 1 unspecified atom stereocenters. The van der Waals surface area contributed by atoms with E-state index in [1.807, 2.05) is 25.6 Å². The number of aliphatic hydroxyl groups is 1. The molecular formula is C9H18OS. The molecule has 2 heteroatoms. The minimum atomic E-state index is -0.507. The van der Waals surface area contributed by atoms with Crippen molar-refractivity contribution < 1.29 is 5.11 Å². The van der Waals surface area contributed by atoms with Gasteiger partial charge in [0, 0.05) is 10.7 Å². The minimum Gasteiger partial charge on any atom is -0.390 e. The van der Waals surface area contributed by atoms with Crippen LogP contribution >= 0.6 is 11.8 Å². The van der Waals surface area contributed by atoms with Crippen LogP contribution in [0.15, 0.2) is 0 Å². The van der Waals surface area contributed by atoms with Gasteiger partial charge in [0.25, 0.3) is 0 Å². The highest BCUT2D eigenvalue weighted by Crippen LogP contribution is 2.47. The topological polar surface area (TPSA) is 20.2 Å². The molecule has 1 atom stereocenters. The van der Waals surface area contributed by atoms with E-state index in [0.29, 0.717) is 5.92 Å². The Labute approximate surface area is 73.6 Å². The summed E-state index contributed by atoms with van der Waals surface area (Å²) < 4.78 is 0.262. The minimum absolute atomic E-state index is 0.262. The summed E-state index contributed by atoms with van der Waals surface area (Å²) in [7, 11) is 0. The molecule has 0 aromatic rings. The van der Waals surface area contributed by atoms with E-state index in [2.05, 4.69) is 13.8 Å². The van der Waals surface area contributed by atoms with Gasteiger partial charge < -0.3 is 5.11 Å². The normalized spacial score (nSPS) is 30.8. The Kier molecular flexibility index (Phi) is 2.28. The van der Waals surface area contributed by atoms with E-state index in [0.717, 1.165) is 6.42 Å². The molecule has 66 valence electrons. The predicted molar refractivity (Wildman–Crippen MR) is 50.9 cm³/mol. The summed E-state index contributed by atoms with van der Waals surface area (Å²) in [6.07, 6.45) is 1.15. The summed E-state index contributed by atoms with van der Waals surface area (Å²) >= 11 is 1.97. The van der Waals surface area contributed by atoms with Crippen molar-refractivity contribution >= 4 is 11.8 Å². The lowest BCUT2D eigenvalue weighted by molar-refractivity contribution is 0.00665. The van der Waals surface area contributed by atoms with Gasteiger partial charge in [-0.25, -0.2) is 0 Å². The van der Waals surface area contributed by atoms with Crippen molar-refractivity contribution in [2.45, 2.75) is 44.5 Å². The second-order valence-corrected chi connectivity index (χ2v) is 6.20. The van der Waals surface area contributed by atoms with Crippen LogP contribution in [0.25, 0.3) is 0 Å². The predicted octanol–water partition coefficient (Wildman–Crippen LogP) is 2.29. The molecule has 0 aliphatic carbocycles. The van der Waals surface area contributed by atoms with Gasteiger partial charge in [0.1, 0.15) is 0 Å². The fraction of sp³-hybridized carbons (Fsp3) is 1.00. The molecule has 0 saturated carbocycles. The molecule has 1 saturated heterocycles. The molecule has 1 heterocycles. The Balaban J connectivity index is 2.73. The van der Waals surface area contributed by atoms with Crippen LogP contribution in [-0.4, -0.2) is 21.2 Å². The smallest absolute Gasteiger partial charge is 0.0633 e. The van der Waals surface area contributed by atoms with E-state index in [1.54, 1.807) is 0 Å². The molecule has 1 nitrogen and oxygen atoms in total. The van der Waals surface area contributed by atoms with Gasteiger partial charge in [0.15, 0.2) is 0 Å². The van der Waals surface area contributed by atoms with E-state index in [1.165, 1.54) is 5.75 Å². The Morgan fingerprint density at radius 3 is 2.18 bits per heavy atom. The average Bonchev–Trinajstić information content (AvgIpc) is 2.06. The molecule has 1 rings (SSSR count). The Hall–Kier alpha value is 0.310. The van der Waals surface area contributed by atoms with Gasteiger partial charge in [0.05, 0.1) is 5.60 Å². The third-order valence-corrected chi connectivity index (χ3v) is 4.04. The van der Waals surface area contributed by atoms with E-state index in [9.17, 15) is 5.11 Å². The zero-order chi connectivity index (χ0) is 8.70. The molecule has 1 N–H and O–H groups in total. The van der Waals surface area contributed by atoms with E-state index >= 15 is 0 Å². The van der Waals surface area contributed by atoms with E-state index in [4.69, 9.17) is 0 Å². The summed E-state index contributed by atoms with van der Waals surface area (Å²) in [5.74, 6) is 1.64. The van der Waals surface area contributed by atoms with Crippen LogP contribution in [0.2, 0.25) is 0 Å². The zero-order valence-electron chi connectivity index (χ0n) is 7.85. The van der Waals surface area contributed by atoms with Crippen molar-refractivity contribution in [3.63, 3.8) is 0 Å². The number of hydrogen-bond acceptors (Lipinski definition) is 2. The summed E-state index contributed by atoms with van der Waals surface area (Å²) in [5, 5.41) is 9.84. The first-order chi connectivity index (χ1) is 4.84. The Morgan fingerprint density at radius 2 is 2.00 bits per heavy atom. The number of rotatable bonds is 1. The highest BCUT2D eigenvalue weighted by Gasteiger charge is 2.43. The summed E-state index contributed by atoms with van der Waals surface area (Å²) in [5.41, 5.74) is -0.507. The summed E-state index contributed by atoms with van der Waals surface area (Å²) in [6, 6.07) is 0. The number of thioether (sulfide) groups is 1. The van der Waals surface area contributed by atoms with Crippen molar-refractivity contribution in [2.75, 3.05) is 5.75 Å². The molecule has 1 aliphatic rings. The van der Waals surface area contributed by atoms with Crippen LogP contribution in [0.5, 0.6) is 0 Å². The molecule has 0 amide bonds.